The third-order valence-electron chi connectivity index (χ3n) is 4.16. The second-order valence-corrected chi connectivity index (χ2v) is 6.53. The fourth-order valence-electron chi connectivity index (χ4n) is 3.07. The fourth-order valence-corrected chi connectivity index (χ4v) is 3.23. The molecule has 0 fully saturated rings. The van der Waals surface area contributed by atoms with Crippen LogP contribution >= 0.6 is 11.6 Å². The summed E-state index contributed by atoms with van der Waals surface area (Å²) in [5.74, 6) is 2.23. The van der Waals surface area contributed by atoms with E-state index in [1.54, 1.807) is 7.11 Å². The number of pyridine rings is 1. The summed E-state index contributed by atoms with van der Waals surface area (Å²) in [7, 11) is 1.65. The molecular formula is C20H17ClN4O. The van der Waals surface area contributed by atoms with Crippen LogP contribution in [0.25, 0.3) is 21.8 Å². The van der Waals surface area contributed by atoms with E-state index in [1.807, 2.05) is 56.3 Å². The average Bonchev–Trinajstić information content (AvgIpc) is 2.60. The van der Waals surface area contributed by atoms with E-state index in [2.05, 4.69) is 15.3 Å². The zero-order valence-corrected chi connectivity index (χ0v) is 15.4. The van der Waals surface area contributed by atoms with Crippen LogP contribution in [0.5, 0.6) is 5.75 Å². The van der Waals surface area contributed by atoms with Crippen LogP contribution < -0.4 is 10.1 Å². The highest BCUT2D eigenvalue weighted by molar-refractivity contribution is 6.31. The number of hydrogen-bond donors (Lipinski definition) is 1. The molecule has 0 spiro atoms. The van der Waals surface area contributed by atoms with Gasteiger partial charge in [0, 0.05) is 27.6 Å². The number of hydrogen-bond acceptors (Lipinski definition) is 5. The highest BCUT2D eigenvalue weighted by Gasteiger charge is 2.12. The van der Waals surface area contributed by atoms with Crippen LogP contribution in [-0.4, -0.2) is 22.1 Å². The number of nitrogens with zero attached hydrogens (tertiary/aromatic N) is 3. The number of benzene rings is 2. The van der Waals surface area contributed by atoms with Gasteiger partial charge in [-0.25, -0.2) is 15.0 Å². The highest BCUT2D eigenvalue weighted by atomic mass is 35.5. The second kappa shape index (κ2) is 6.42. The SMILES string of the molecule is COc1ccc2nc3cc(Cl)ccc3c(Nc3cc(C)nc(C)n3)c2c1. The van der Waals surface area contributed by atoms with Crippen molar-refractivity contribution < 1.29 is 4.74 Å². The Bertz CT molecular complexity index is 1120. The van der Waals surface area contributed by atoms with Gasteiger partial charge in [-0.05, 0) is 50.2 Å². The summed E-state index contributed by atoms with van der Waals surface area (Å²) in [6.07, 6.45) is 0. The number of aromatic nitrogens is 3. The molecule has 4 rings (SSSR count). The van der Waals surface area contributed by atoms with Crippen LogP contribution in [-0.2, 0) is 0 Å². The Balaban J connectivity index is 2.01. The van der Waals surface area contributed by atoms with Crippen molar-refractivity contribution in [3.8, 4) is 5.75 Å². The molecule has 4 aromatic rings. The van der Waals surface area contributed by atoms with E-state index in [1.165, 1.54) is 0 Å². The molecule has 130 valence electrons. The predicted octanol–water partition coefficient (Wildman–Crippen LogP) is 5.20. The van der Waals surface area contributed by atoms with Crippen molar-refractivity contribution >= 4 is 44.9 Å². The smallest absolute Gasteiger partial charge is 0.134 e. The first-order chi connectivity index (χ1) is 12.5. The van der Waals surface area contributed by atoms with Crippen LogP contribution in [0.1, 0.15) is 11.5 Å². The van der Waals surface area contributed by atoms with Gasteiger partial charge in [0.1, 0.15) is 17.4 Å². The monoisotopic (exact) mass is 364 g/mol. The van der Waals surface area contributed by atoms with Crippen molar-refractivity contribution in [3.05, 3.63) is 59.0 Å². The molecule has 2 aromatic heterocycles. The van der Waals surface area contributed by atoms with Gasteiger partial charge < -0.3 is 10.1 Å². The molecule has 0 saturated heterocycles. The minimum Gasteiger partial charge on any atom is -0.497 e. The number of methoxy groups -OCH3 is 1. The van der Waals surface area contributed by atoms with Crippen LogP contribution in [0.3, 0.4) is 0 Å². The summed E-state index contributed by atoms with van der Waals surface area (Å²) >= 11 is 6.17. The van der Waals surface area contributed by atoms with Crippen molar-refractivity contribution in [3.63, 3.8) is 0 Å². The van der Waals surface area contributed by atoms with Gasteiger partial charge in [-0.1, -0.05) is 11.6 Å². The summed E-state index contributed by atoms with van der Waals surface area (Å²) in [6.45, 7) is 3.83. The topological polar surface area (TPSA) is 59.9 Å². The summed E-state index contributed by atoms with van der Waals surface area (Å²) in [4.78, 5) is 13.6. The second-order valence-electron chi connectivity index (χ2n) is 6.10. The average molecular weight is 365 g/mol. The molecule has 1 N–H and O–H groups in total. The fraction of sp³-hybridized carbons (Fsp3) is 0.150. The Kier molecular flexibility index (Phi) is 4.09. The van der Waals surface area contributed by atoms with Gasteiger partial charge in [0.15, 0.2) is 0 Å². The molecule has 0 atom stereocenters. The standard InChI is InChI=1S/C20H17ClN4O/c1-11-8-19(23-12(2)22-11)25-20-15-6-4-13(21)9-18(15)24-17-7-5-14(26-3)10-16(17)20/h4-10H,1-3H3,(H,22,23,24,25). The van der Waals surface area contributed by atoms with Crippen molar-refractivity contribution in [2.24, 2.45) is 0 Å². The molecule has 0 bridgehead atoms. The van der Waals surface area contributed by atoms with Gasteiger partial charge in [0.25, 0.3) is 0 Å². The summed E-state index contributed by atoms with van der Waals surface area (Å²) < 4.78 is 5.39. The third-order valence-corrected chi connectivity index (χ3v) is 4.40. The van der Waals surface area contributed by atoms with Crippen molar-refractivity contribution in [1.29, 1.82) is 0 Å². The van der Waals surface area contributed by atoms with Crippen LogP contribution in [0.4, 0.5) is 11.5 Å². The first kappa shape index (κ1) is 16.5. The maximum atomic E-state index is 6.17. The normalized spacial score (nSPS) is 11.1. The number of aryl methyl sites for hydroxylation is 2. The maximum absolute atomic E-state index is 6.17. The first-order valence-electron chi connectivity index (χ1n) is 8.20. The Morgan fingerprint density at radius 2 is 1.73 bits per heavy atom. The number of halogens is 1. The Hall–Kier alpha value is -2.92. The van der Waals surface area contributed by atoms with Crippen LogP contribution in [0.2, 0.25) is 5.02 Å². The number of nitrogens with one attached hydrogen (secondary N) is 1. The molecule has 0 saturated carbocycles. The molecule has 26 heavy (non-hydrogen) atoms. The molecule has 0 radical (unpaired) electrons. The Morgan fingerprint density at radius 1 is 0.885 bits per heavy atom. The molecule has 0 unspecified atom stereocenters. The Labute approximate surface area is 156 Å². The van der Waals surface area contributed by atoms with Gasteiger partial charge in [-0.15, -0.1) is 0 Å². The summed E-state index contributed by atoms with van der Waals surface area (Å²) in [5, 5.41) is 6.02. The van der Waals surface area contributed by atoms with Gasteiger partial charge in [0.2, 0.25) is 0 Å². The summed E-state index contributed by atoms with van der Waals surface area (Å²) in [5.41, 5.74) is 3.49. The minimum absolute atomic E-state index is 0.650. The van der Waals surface area contributed by atoms with Gasteiger partial charge >= 0.3 is 0 Å². The quantitative estimate of drug-likeness (QED) is 0.506. The van der Waals surface area contributed by atoms with E-state index in [9.17, 15) is 0 Å². The van der Waals surface area contributed by atoms with Crippen LogP contribution in [0.15, 0.2) is 42.5 Å². The molecule has 2 heterocycles. The van der Waals surface area contributed by atoms with E-state index in [4.69, 9.17) is 21.3 Å². The van der Waals surface area contributed by atoms with Crippen molar-refractivity contribution in [2.75, 3.05) is 12.4 Å². The third kappa shape index (κ3) is 3.02. The number of rotatable bonds is 3. The van der Waals surface area contributed by atoms with Crippen LogP contribution in [0, 0.1) is 13.8 Å². The summed E-state index contributed by atoms with van der Waals surface area (Å²) in [6, 6.07) is 13.4. The minimum atomic E-state index is 0.650. The number of anilines is 2. The zero-order valence-electron chi connectivity index (χ0n) is 14.7. The first-order valence-corrected chi connectivity index (χ1v) is 8.57. The molecule has 6 heteroatoms. The van der Waals surface area contributed by atoms with Gasteiger partial charge in [-0.3, -0.25) is 0 Å². The number of fused-ring (bicyclic) bond motifs is 2. The van der Waals surface area contributed by atoms with E-state index in [-0.39, 0.29) is 0 Å². The van der Waals surface area contributed by atoms with E-state index >= 15 is 0 Å². The molecular weight excluding hydrogens is 348 g/mol. The molecule has 0 aliphatic heterocycles. The number of ether oxygens (including phenoxy) is 1. The van der Waals surface area contributed by atoms with E-state index < -0.39 is 0 Å². The predicted molar refractivity (Wildman–Crippen MR) is 106 cm³/mol. The van der Waals surface area contributed by atoms with Crippen molar-refractivity contribution in [1.82, 2.24) is 15.0 Å². The largest absolute Gasteiger partial charge is 0.497 e. The van der Waals surface area contributed by atoms with E-state index in [0.29, 0.717) is 5.02 Å². The molecule has 2 aromatic carbocycles. The van der Waals surface area contributed by atoms with Crippen molar-refractivity contribution in [2.45, 2.75) is 13.8 Å². The zero-order chi connectivity index (χ0) is 18.3. The van der Waals surface area contributed by atoms with Gasteiger partial charge in [0.05, 0.1) is 23.8 Å². The maximum Gasteiger partial charge on any atom is 0.134 e. The lowest BCUT2D eigenvalue weighted by Gasteiger charge is -2.14. The lowest BCUT2D eigenvalue weighted by molar-refractivity contribution is 0.415. The van der Waals surface area contributed by atoms with Gasteiger partial charge in [-0.2, -0.15) is 0 Å². The molecule has 5 nitrogen and oxygen atoms in total. The lowest BCUT2D eigenvalue weighted by Crippen LogP contribution is -2.01. The molecule has 0 aliphatic carbocycles. The highest BCUT2D eigenvalue weighted by Crippen LogP contribution is 2.35. The lowest BCUT2D eigenvalue weighted by atomic mass is 10.1. The Morgan fingerprint density at radius 3 is 2.50 bits per heavy atom. The molecule has 0 amide bonds. The molecule has 0 aliphatic rings. The van der Waals surface area contributed by atoms with E-state index in [0.717, 1.165) is 50.6 Å².